The molecule has 98 valence electrons. The molecule has 0 spiro atoms. The van der Waals surface area contributed by atoms with Crippen LogP contribution in [0.4, 0.5) is 4.79 Å². The van der Waals surface area contributed by atoms with Gasteiger partial charge in [-0.05, 0) is 12.8 Å². The van der Waals surface area contributed by atoms with Gasteiger partial charge >= 0.3 is 12.0 Å². The van der Waals surface area contributed by atoms with E-state index in [9.17, 15) is 9.59 Å². The van der Waals surface area contributed by atoms with Gasteiger partial charge in [0.1, 0.15) is 0 Å². The van der Waals surface area contributed by atoms with E-state index in [1.165, 1.54) is 0 Å². The lowest BCUT2D eigenvalue weighted by Crippen LogP contribution is -2.48. The molecule has 1 rings (SSSR count). The number of carbonyl (C=O) groups is 2. The number of hydrogen-bond acceptors (Lipinski definition) is 3. The third-order valence-electron chi connectivity index (χ3n) is 3.00. The van der Waals surface area contributed by atoms with Crippen molar-refractivity contribution in [3.63, 3.8) is 0 Å². The summed E-state index contributed by atoms with van der Waals surface area (Å²) in [6, 6.07) is -0.118. The molecule has 1 aliphatic heterocycles. The number of rotatable bonds is 4. The van der Waals surface area contributed by atoms with Crippen molar-refractivity contribution in [3.05, 3.63) is 0 Å². The Morgan fingerprint density at radius 1 is 1.53 bits per heavy atom. The van der Waals surface area contributed by atoms with E-state index in [1.807, 2.05) is 0 Å². The van der Waals surface area contributed by atoms with Crippen molar-refractivity contribution in [2.45, 2.75) is 12.8 Å². The van der Waals surface area contributed by atoms with Crippen molar-refractivity contribution < 1.29 is 19.4 Å². The van der Waals surface area contributed by atoms with Gasteiger partial charge in [0, 0.05) is 33.8 Å². The average Bonchev–Trinajstić information content (AvgIpc) is 2.35. The van der Waals surface area contributed by atoms with Gasteiger partial charge in [0.05, 0.1) is 12.5 Å². The Morgan fingerprint density at radius 2 is 2.24 bits per heavy atom. The Labute approximate surface area is 101 Å². The smallest absolute Gasteiger partial charge is 0.319 e. The molecule has 0 aromatic heterocycles. The number of carboxylic acid groups (broad SMARTS) is 1. The zero-order valence-electron chi connectivity index (χ0n) is 10.4. The van der Waals surface area contributed by atoms with Crippen molar-refractivity contribution in [2.75, 3.05) is 40.4 Å². The molecule has 0 aromatic rings. The number of piperidine rings is 1. The fraction of sp³-hybridized carbons (Fsp3) is 0.818. The van der Waals surface area contributed by atoms with Gasteiger partial charge in [0.25, 0.3) is 0 Å². The fourth-order valence-electron chi connectivity index (χ4n) is 1.92. The first-order valence-electron chi connectivity index (χ1n) is 5.78. The monoisotopic (exact) mass is 244 g/mol. The van der Waals surface area contributed by atoms with Crippen LogP contribution in [0.25, 0.3) is 0 Å². The van der Waals surface area contributed by atoms with Gasteiger partial charge < -0.3 is 19.6 Å². The summed E-state index contributed by atoms with van der Waals surface area (Å²) in [5, 5.41) is 8.95. The molecule has 0 aromatic carbocycles. The van der Waals surface area contributed by atoms with Crippen LogP contribution in [0, 0.1) is 5.92 Å². The second-order valence-electron chi connectivity index (χ2n) is 4.32. The van der Waals surface area contributed by atoms with Crippen LogP contribution >= 0.6 is 0 Å². The molecule has 0 radical (unpaired) electrons. The second kappa shape index (κ2) is 6.44. The number of nitrogens with zero attached hydrogens (tertiary/aromatic N) is 2. The van der Waals surface area contributed by atoms with Gasteiger partial charge in [0.15, 0.2) is 0 Å². The largest absolute Gasteiger partial charge is 0.481 e. The van der Waals surface area contributed by atoms with E-state index < -0.39 is 11.9 Å². The summed E-state index contributed by atoms with van der Waals surface area (Å²) >= 11 is 0. The first-order valence-corrected chi connectivity index (χ1v) is 5.78. The minimum atomic E-state index is -0.818. The highest BCUT2D eigenvalue weighted by molar-refractivity contribution is 5.76. The molecule has 1 fully saturated rings. The van der Waals surface area contributed by atoms with Crippen LogP contribution < -0.4 is 0 Å². The number of aliphatic carboxylic acids is 1. The quantitative estimate of drug-likeness (QED) is 0.781. The summed E-state index contributed by atoms with van der Waals surface area (Å²) in [4.78, 5) is 26.0. The topological polar surface area (TPSA) is 70.1 Å². The SMILES string of the molecule is COCCN(C)C(=O)N1CCCC(C(=O)O)C1. The molecular formula is C11H20N2O4. The molecule has 1 aliphatic rings. The van der Waals surface area contributed by atoms with E-state index in [1.54, 1.807) is 24.0 Å². The summed E-state index contributed by atoms with van der Waals surface area (Å²) in [5.74, 6) is -1.24. The Hall–Kier alpha value is -1.30. The zero-order valence-corrected chi connectivity index (χ0v) is 10.4. The lowest BCUT2D eigenvalue weighted by atomic mass is 9.99. The molecule has 1 unspecified atom stereocenters. The molecule has 1 saturated heterocycles. The second-order valence-corrected chi connectivity index (χ2v) is 4.32. The van der Waals surface area contributed by atoms with Crippen molar-refractivity contribution >= 4 is 12.0 Å². The molecule has 1 atom stereocenters. The van der Waals surface area contributed by atoms with Gasteiger partial charge in [-0.15, -0.1) is 0 Å². The normalized spacial score (nSPS) is 20.1. The summed E-state index contributed by atoms with van der Waals surface area (Å²) in [6.07, 6.45) is 1.40. The number of likely N-dealkylation sites (N-methyl/N-ethyl adjacent to an activating group) is 1. The Kier molecular flexibility index (Phi) is 5.21. The summed E-state index contributed by atoms with van der Waals surface area (Å²) in [5.41, 5.74) is 0. The van der Waals surface area contributed by atoms with Crippen LogP contribution in [-0.2, 0) is 9.53 Å². The van der Waals surface area contributed by atoms with E-state index in [0.29, 0.717) is 32.7 Å². The first-order chi connectivity index (χ1) is 8.06. The van der Waals surface area contributed by atoms with Gasteiger partial charge in [-0.3, -0.25) is 4.79 Å². The van der Waals surface area contributed by atoms with Gasteiger partial charge in [0.2, 0.25) is 0 Å². The summed E-state index contributed by atoms with van der Waals surface area (Å²) < 4.78 is 4.90. The molecule has 6 nitrogen and oxygen atoms in total. The summed E-state index contributed by atoms with van der Waals surface area (Å²) in [6.45, 7) is 1.95. The number of methoxy groups -OCH3 is 1. The van der Waals surface area contributed by atoms with Crippen molar-refractivity contribution in [1.82, 2.24) is 9.80 Å². The molecule has 0 bridgehead atoms. The van der Waals surface area contributed by atoms with Crippen LogP contribution in [0.1, 0.15) is 12.8 Å². The maximum Gasteiger partial charge on any atom is 0.319 e. The summed E-state index contributed by atoms with van der Waals surface area (Å²) in [7, 11) is 3.28. The van der Waals surface area contributed by atoms with Crippen LogP contribution in [0.15, 0.2) is 0 Å². The number of urea groups is 1. The van der Waals surface area contributed by atoms with Crippen LogP contribution in [0.2, 0.25) is 0 Å². The van der Waals surface area contributed by atoms with Crippen LogP contribution in [0.5, 0.6) is 0 Å². The number of likely N-dealkylation sites (tertiary alicyclic amines) is 1. The van der Waals surface area contributed by atoms with E-state index in [2.05, 4.69) is 0 Å². The predicted molar refractivity (Wildman–Crippen MR) is 61.8 cm³/mol. The minimum Gasteiger partial charge on any atom is -0.481 e. The standard InChI is InChI=1S/C11H20N2O4/c1-12(6-7-17-2)11(16)13-5-3-4-9(8-13)10(14)15/h9H,3-8H2,1-2H3,(H,14,15). The maximum atomic E-state index is 12.0. The number of hydrogen-bond donors (Lipinski definition) is 1. The lowest BCUT2D eigenvalue weighted by molar-refractivity contribution is -0.143. The van der Waals surface area contributed by atoms with E-state index >= 15 is 0 Å². The Morgan fingerprint density at radius 3 is 2.82 bits per heavy atom. The highest BCUT2D eigenvalue weighted by Crippen LogP contribution is 2.17. The molecular weight excluding hydrogens is 224 g/mol. The number of amides is 2. The van der Waals surface area contributed by atoms with E-state index in [4.69, 9.17) is 9.84 Å². The van der Waals surface area contributed by atoms with Crippen molar-refractivity contribution in [1.29, 1.82) is 0 Å². The Bertz CT molecular complexity index is 283. The predicted octanol–water partition coefficient (Wildman–Crippen LogP) is 0.481. The highest BCUT2D eigenvalue weighted by Gasteiger charge is 2.29. The third kappa shape index (κ3) is 3.89. The maximum absolute atomic E-state index is 12.0. The highest BCUT2D eigenvalue weighted by atomic mass is 16.5. The van der Waals surface area contributed by atoms with Gasteiger partial charge in [-0.2, -0.15) is 0 Å². The van der Waals surface area contributed by atoms with Gasteiger partial charge in [-0.1, -0.05) is 0 Å². The number of ether oxygens (including phenoxy) is 1. The minimum absolute atomic E-state index is 0.118. The van der Waals surface area contributed by atoms with Crippen molar-refractivity contribution in [2.24, 2.45) is 5.92 Å². The zero-order chi connectivity index (χ0) is 12.8. The molecule has 1 N–H and O–H groups in total. The van der Waals surface area contributed by atoms with E-state index in [0.717, 1.165) is 6.42 Å². The third-order valence-corrected chi connectivity index (χ3v) is 3.00. The number of carbonyl (C=O) groups excluding carboxylic acids is 1. The fourth-order valence-corrected chi connectivity index (χ4v) is 1.92. The molecule has 2 amide bonds. The molecule has 6 heteroatoms. The average molecular weight is 244 g/mol. The number of carboxylic acids is 1. The van der Waals surface area contributed by atoms with Crippen molar-refractivity contribution in [3.8, 4) is 0 Å². The van der Waals surface area contributed by atoms with Crippen LogP contribution in [-0.4, -0.2) is 67.3 Å². The molecule has 17 heavy (non-hydrogen) atoms. The molecule has 0 saturated carbocycles. The first kappa shape index (κ1) is 13.8. The van der Waals surface area contributed by atoms with Crippen LogP contribution in [0.3, 0.4) is 0 Å². The molecule has 1 heterocycles. The Balaban J connectivity index is 2.48. The van der Waals surface area contributed by atoms with E-state index in [-0.39, 0.29) is 6.03 Å². The lowest BCUT2D eigenvalue weighted by Gasteiger charge is -2.33. The van der Waals surface area contributed by atoms with Gasteiger partial charge in [-0.25, -0.2) is 4.79 Å². The molecule has 0 aliphatic carbocycles.